The number of urea groups is 1. The molecule has 0 spiro atoms. The molecule has 0 aliphatic carbocycles. The number of amides is 3. The lowest BCUT2D eigenvalue weighted by molar-refractivity contribution is 0.100. The van der Waals surface area contributed by atoms with Gasteiger partial charge in [-0.2, -0.15) is 9.98 Å². The number of nitrogens with one attached hydrogen (secondary N) is 2. The molecule has 1 aromatic heterocycles. The number of anilines is 3. The van der Waals surface area contributed by atoms with Gasteiger partial charge in [-0.05, 0) is 48.6 Å². The first-order valence-corrected chi connectivity index (χ1v) is 12.6. The minimum absolute atomic E-state index is 0.00280. The van der Waals surface area contributed by atoms with Crippen molar-refractivity contribution >= 4 is 46.3 Å². The third-order valence-corrected chi connectivity index (χ3v) is 6.17. The van der Waals surface area contributed by atoms with Gasteiger partial charge in [-0.3, -0.25) is 4.79 Å². The molecule has 2 aromatic carbocycles. The Morgan fingerprint density at radius 3 is 2.71 bits per heavy atom. The monoisotopic (exact) mass is 537 g/mol. The van der Waals surface area contributed by atoms with Crippen LogP contribution in [0.2, 0.25) is 0 Å². The van der Waals surface area contributed by atoms with E-state index in [-0.39, 0.29) is 29.0 Å². The Balaban J connectivity index is 1.93. The molecule has 3 aromatic rings. The fourth-order valence-electron chi connectivity index (χ4n) is 3.89. The maximum atomic E-state index is 14.8. The van der Waals surface area contributed by atoms with Crippen molar-refractivity contribution in [2.75, 3.05) is 16.8 Å². The molecule has 196 valence electrons. The van der Waals surface area contributed by atoms with Gasteiger partial charge in [0.2, 0.25) is 5.95 Å². The van der Waals surface area contributed by atoms with Crippen LogP contribution in [0, 0.1) is 18.6 Å². The second-order valence-corrected chi connectivity index (χ2v) is 9.25. The maximum absolute atomic E-state index is 14.8. The molecule has 0 saturated heterocycles. The van der Waals surface area contributed by atoms with Crippen LogP contribution >= 0.6 is 11.8 Å². The lowest BCUT2D eigenvalue weighted by atomic mass is 9.97. The number of hydrogen-bond acceptors (Lipinski definition) is 6. The van der Waals surface area contributed by atoms with E-state index in [9.17, 15) is 18.4 Å². The summed E-state index contributed by atoms with van der Waals surface area (Å²) in [5.41, 5.74) is 7.59. The van der Waals surface area contributed by atoms with Gasteiger partial charge in [-0.15, -0.1) is 0 Å². The number of aryl methyl sites for hydroxylation is 1. The minimum Gasteiger partial charge on any atom is -0.378 e. The Hall–Kier alpha value is -4.32. The quantitative estimate of drug-likeness (QED) is 0.278. The summed E-state index contributed by atoms with van der Waals surface area (Å²) in [5.74, 6) is -2.21. The number of aromatic nitrogens is 2. The van der Waals surface area contributed by atoms with Crippen LogP contribution in [0.3, 0.4) is 0 Å². The van der Waals surface area contributed by atoms with E-state index in [0.717, 1.165) is 40.8 Å². The molecule has 4 rings (SSSR count). The third kappa shape index (κ3) is 5.35. The summed E-state index contributed by atoms with van der Waals surface area (Å²) in [6, 6.07) is 7.57. The fraction of sp³-hybridized carbons (Fsp3) is 0.192. The molecule has 0 unspecified atom stereocenters. The number of carbonyl (C=O) groups excluding carboxylic acids is 2. The van der Waals surface area contributed by atoms with Crippen LogP contribution in [0.25, 0.3) is 11.3 Å². The first-order valence-electron chi connectivity index (χ1n) is 11.7. The van der Waals surface area contributed by atoms with Gasteiger partial charge in [0.25, 0.3) is 5.91 Å². The number of carbonyl (C=O) groups is 2. The molecule has 2 heterocycles. The number of para-hydroxylation sites is 1. The number of nitrogens with two attached hydrogens (primary N) is 1. The van der Waals surface area contributed by atoms with Crippen molar-refractivity contribution < 1.29 is 18.4 Å². The molecule has 0 saturated carbocycles. The van der Waals surface area contributed by atoms with Crippen molar-refractivity contribution in [1.82, 2.24) is 15.3 Å². The van der Waals surface area contributed by atoms with Crippen LogP contribution in [-0.4, -0.2) is 33.6 Å². The van der Waals surface area contributed by atoms with E-state index >= 15 is 0 Å². The van der Waals surface area contributed by atoms with E-state index in [4.69, 9.17) is 5.73 Å². The molecule has 9 nitrogen and oxygen atoms in total. The van der Waals surface area contributed by atoms with Crippen molar-refractivity contribution in [3.8, 4) is 11.3 Å². The summed E-state index contributed by atoms with van der Waals surface area (Å²) in [6.07, 6.45) is 0.757. The van der Waals surface area contributed by atoms with Gasteiger partial charge in [0.1, 0.15) is 17.3 Å². The number of aliphatic imine (C=N–C) groups is 1. The molecule has 3 amide bonds. The maximum Gasteiger partial charge on any atom is 0.328 e. The standard InChI is InChI=1S/C26H25F2N7O2S/c1-4-11-30-25-32-20(16-12-15(10-9-14(16)3)23(36)34-24(29)38-5-2)17-13-31-26(37)35(22(17)33-25)21-18(27)7-6-8-19(21)28/h5-10,12H,2,4,11,13H2,1,3H3,(H,31,37)(H2,29,34,36)(H,30,32,33). The average molecular weight is 538 g/mol. The first kappa shape index (κ1) is 26.7. The number of fused-ring (bicyclic) bond motifs is 1. The van der Waals surface area contributed by atoms with Gasteiger partial charge in [0, 0.05) is 23.2 Å². The normalized spacial score (nSPS) is 13.1. The summed E-state index contributed by atoms with van der Waals surface area (Å²) in [5, 5.41) is 7.23. The molecular formula is C26H25F2N7O2S. The summed E-state index contributed by atoms with van der Waals surface area (Å²) in [4.78, 5) is 39.6. The van der Waals surface area contributed by atoms with E-state index in [0.29, 0.717) is 23.4 Å². The summed E-state index contributed by atoms with van der Waals surface area (Å²) >= 11 is 1.02. The average Bonchev–Trinajstić information content (AvgIpc) is 2.88. The second kappa shape index (κ2) is 11.4. The van der Waals surface area contributed by atoms with E-state index < -0.39 is 29.3 Å². The molecule has 38 heavy (non-hydrogen) atoms. The van der Waals surface area contributed by atoms with Gasteiger partial charge in [0.05, 0.1) is 12.2 Å². The Labute approximate surface area is 222 Å². The fourth-order valence-corrected chi connectivity index (χ4v) is 4.20. The zero-order chi connectivity index (χ0) is 27.4. The van der Waals surface area contributed by atoms with Crippen LogP contribution < -0.4 is 21.3 Å². The highest BCUT2D eigenvalue weighted by atomic mass is 32.2. The van der Waals surface area contributed by atoms with E-state index in [1.807, 2.05) is 13.8 Å². The number of hydrogen-bond donors (Lipinski definition) is 3. The number of thioether (sulfide) groups is 1. The zero-order valence-electron chi connectivity index (χ0n) is 20.7. The van der Waals surface area contributed by atoms with Crippen molar-refractivity contribution in [2.45, 2.75) is 26.8 Å². The summed E-state index contributed by atoms with van der Waals surface area (Å²) < 4.78 is 29.6. The molecule has 1 aliphatic rings. The van der Waals surface area contributed by atoms with Gasteiger partial charge < -0.3 is 16.4 Å². The molecule has 0 atom stereocenters. The van der Waals surface area contributed by atoms with Gasteiger partial charge in [0.15, 0.2) is 11.0 Å². The third-order valence-electron chi connectivity index (χ3n) is 5.67. The van der Waals surface area contributed by atoms with Crippen molar-refractivity contribution in [1.29, 1.82) is 0 Å². The van der Waals surface area contributed by atoms with Crippen molar-refractivity contribution in [2.24, 2.45) is 10.7 Å². The molecule has 4 N–H and O–H groups in total. The Morgan fingerprint density at radius 2 is 2.03 bits per heavy atom. The predicted molar refractivity (Wildman–Crippen MR) is 145 cm³/mol. The van der Waals surface area contributed by atoms with Crippen LogP contribution in [-0.2, 0) is 6.54 Å². The van der Waals surface area contributed by atoms with E-state index in [2.05, 4.69) is 32.2 Å². The topological polar surface area (TPSA) is 126 Å². The number of benzene rings is 2. The van der Waals surface area contributed by atoms with Crippen LogP contribution in [0.5, 0.6) is 0 Å². The first-order chi connectivity index (χ1) is 18.2. The van der Waals surface area contributed by atoms with Crippen LogP contribution in [0.1, 0.15) is 34.8 Å². The lowest BCUT2D eigenvalue weighted by Gasteiger charge is -2.31. The lowest BCUT2D eigenvalue weighted by Crippen LogP contribution is -2.43. The highest BCUT2D eigenvalue weighted by molar-refractivity contribution is 8.16. The SMILES string of the molecule is C=CSC(N)=NC(=O)c1ccc(C)c(-c2nc(NCCC)nc3c2CNC(=O)N3c2c(F)cccc2F)c1. The molecule has 0 fully saturated rings. The Kier molecular flexibility index (Phi) is 8.01. The molecule has 12 heteroatoms. The number of halogens is 2. The Bertz CT molecular complexity index is 1440. The molecular weight excluding hydrogens is 512 g/mol. The Morgan fingerprint density at radius 1 is 1.29 bits per heavy atom. The second-order valence-electron chi connectivity index (χ2n) is 8.26. The van der Waals surface area contributed by atoms with Gasteiger partial charge >= 0.3 is 6.03 Å². The smallest absolute Gasteiger partial charge is 0.328 e. The summed E-state index contributed by atoms with van der Waals surface area (Å²) in [7, 11) is 0. The molecule has 1 aliphatic heterocycles. The number of nitrogens with zero attached hydrogens (tertiary/aromatic N) is 4. The van der Waals surface area contributed by atoms with E-state index in [1.54, 1.807) is 18.2 Å². The zero-order valence-corrected chi connectivity index (χ0v) is 21.5. The van der Waals surface area contributed by atoms with Crippen molar-refractivity contribution in [3.63, 3.8) is 0 Å². The summed E-state index contributed by atoms with van der Waals surface area (Å²) in [6.45, 7) is 7.86. The highest BCUT2D eigenvalue weighted by Gasteiger charge is 2.34. The van der Waals surface area contributed by atoms with E-state index in [1.165, 1.54) is 11.5 Å². The molecule has 0 radical (unpaired) electrons. The number of rotatable bonds is 7. The van der Waals surface area contributed by atoms with Crippen LogP contribution in [0.4, 0.5) is 31.0 Å². The van der Waals surface area contributed by atoms with Crippen molar-refractivity contribution in [3.05, 3.63) is 76.7 Å². The van der Waals surface area contributed by atoms with Crippen LogP contribution in [0.15, 0.2) is 53.4 Å². The van der Waals surface area contributed by atoms with Gasteiger partial charge in [-0.25, -0.2) is 23.5 Å². The number of amidine groups is 1. The highest BCUT2D eigenvalue weighted by Crippen LogP contribution is 2.39. The largest absolute Gasteiger partial charge is 0.378 e. The minimum atomic E-state index is -0.923. The molecule has 0 bridgehead atoms. The van der Waals surface area contributed by atoms with Gasteiger partial charge in [-0.1, -0.05) is 37.4 Å². The predicted octanol–water partition coefficient (Wildman–Crippen LogP) is 5.25.